The topological polar surface area (TPSA) is 145 Å². The molecular weight excluding hydrogens is 1160 g/mol. The summed E-state index contributed by atoms with van der Waals surface area (Å²) >= 11 is 0. The minimum absolute atomic E-state index is 0.0479. The molecule has 9 nitrogen and oxygen atoms in total. The molecule has 0 aliphatic heterocycles. The number of amides is 3. The summed E-state index contributed by atoms with van der Waals surface area (Å²) in [5.41, 5.74) is 0. The number of ketones is 1. The Balaban J connectivity index is 1.38. The van der Waals surface area contributed by atoms with Crippen LogP contribution in [0, 0.1) is 29.6 Å². The number of aliphatic hydroxyl groups excluding tert-OH is 2. The van der Waals surface area contributed by atoms with Gasteiger partial charge in [0.1, 0.15) is 5.78 Å². The molecule has 0 bridgehead atoms. The SMILES string of the molecule is CCCCCCCCC1CC(CCCCCCC(=O)N[C@H]2CCCC[C@@H]2NC(=O)CCCCCCCCCCC(O)CCCCCC)C(CCCCCCC(=O)N[C@@H]2CCCC[C@H]2CC(=O)CCCCCCCCCCC(O)CCCCCC)CC1CCCCCCCC. The second-order valence-electron chi connectivity index (χ2n) is 31.9. The number of rotatable bonds is 65. The Morgan fingerprint density at radius 3 is 0.862 bits per heavy atom. The maximum absolute atomic E-state index is 13.5. The van der Waals surface area contributed by atoms with Crippen molar-refractivity contribution in [2.45, 2.75) is 488 Å². The van der Waals surface area contributed by atoms with Crippen LogP contribution in [0.4, 0.5) is 0 Å². The number of hydrogen-bond donors (Lipinski definition) is 5. The fourth-order valence-electron chi connectivity index (χ4n) is 17.2. The van der Waals surface area contributed by atoms with Crippen molar-refractivity contribution < 1.29 is 29.4 Å². The predicted molar refractivity (Wildman–Crippen MR) is 402 cm³/mol. The molecule has 552 valence electrons. The third kappa shape index (κ3) is 46.4. The molecule has 3 saturated carbocycles. The summed E-state index contributed by atoms with van der Waals surface area (Å²) in [6.45, 7) is 9.12. The largest absolute Gasteiger partial charge is 0.393 e. The number of hydrogen-bond acceptors (Lipinski definition) is 6. The summed E-state index contributed by atoms with van der Waals surface area (Å²) in [6, 6.07) is 0.255. The predicted octanol–water partition coefficient (Wildman–Crippen LogP) is 24.1. The van der Waals surface area contributed by atoms with Crippen LogP contribution in [-0.2, 0) is 19.2 Å². The van der Waals surface area contributed by atoms with Gasteiger partial charge in [-0.2, -0.15) is 0 Å². The number of unbranched alkanes of at least 4 members (excludes halogenated alkanes) is 36. The number of carbonyl (C=O) groups excluding carboxylic acids is 4. The summed E-state index contributed by atoms with van der Waals surface area (Å²) in [4.78, 5) is 53.2. The van der Waals surface area contributed by atoms with Crippen LogP contribution >= 0.6 is 0 Å². The highest BCUT2D eigenvalue weighted by Gasteiger charge is 2.36. The minimum atomic E-state index is -0.113. The lowest BCUT2D eigenvalue weighted by molar-refractivity contribution is -0.125. The molecule has 9 heteroatoms. The van der Waals surface area contributed by atoms with Gasteiger partial charge in [0.25, 0.3) is 0 Å². The van der Waals surface area contributed by atoms with Crippen LogP contribution in [0.15, 0.2) is 0 Å². The number of Topliss-reactive ketones (excluding diaryl/α,β-unsaturated/α-hetero) is 1. The second kappa shape index (κ2) is 60.9. The molecule has 3 fully saturated rings. The Bertz CT molecular complexity index is 1640. The molecule has 0 aromatic carbocycles. The van der Waals surface area contributed by atoms with E-state index in [4.69, 9.17) is 0 Å². The van der Waals surface area contributed by atoms with E-state index in [1.165, 1.54) is 250 Å². The van der Waals surface area contributed by atoms with Gasteiger partial charge in [0.05, 0.1) is 12.2 Å². The number of aliphatic hydroxyl groups is 2. The van der Waals surface area contributed by atoms with E-state index < -0.39 is 0 Å². The van der Waals surface area contributed by atoms with E-state index in [0.717, 1.165) is 171 Å². The first-order valence-electron chi connectivity index (χ1n) is 42.8. The van der Waals surface area contributed by atoms with Crippen LogP contribution in [-0.4, -0.2) is 64.1 Å². The fraction of sp³-hybridized carbons (Fsp3) is 0.953. The van der Waals surface area contributed by atoms with Gasteiger partial charge in [-0.1, -0.05) is 336 Å². The first kappa shape index (κ1) is 86.2. The van der Waals surface area contributed by atoms with Gasteiger partial charge < -0.3 is 26.2 Å². The molecule has 3 rings (SSSR count). The molecule has 0 aromatic heterocycles. The monoisotopic (exact) mass is 1320 g/mol. The van der Waals surface area contributed by atoms with E-state index in [-0.39, 0.29) is 48.1 Å². The third-order valence-electron chi connectivity index (χ3n) is 23.3. The van der Waals surface area contributed by atoms with E-state index >= 15 is 0 Å². The van der Waals surface area contributed by atoms with Gasteiger partial charge in [0, 0.05) is 50.2 Å². The average molecular weight is 1320 g/mol. The van der Waals surface area contributed by atoms with Crippen LogP contribution in [0.25, 0.3) is 0 Å². The van der Waals surface area contributed by atoms with Crippen LogP contribution in [0.3, 0.4) is 0 Å². The Labute approximate surface area is 583 Å². The van der Waals surface area contributed by atoms with Gasteiger partial charge >= 0.3 is 0 Å². The smallest absolute Gasteiger partial charge is 0.220 e. The first-order valence-corrected chi connectivity index (χ1v) is 42.8. The van der Waals surface area contributed by atoms with E-state index in [1.807, 2.05) is 0 Å². The maximum Gasteiger partial charge on any atom is 0.220 e. The standard InChI is InChI=1S/C85H161N3O6/c1-5-9-13-17-27-37-53-72-69-74(55-39-33-35-47-66-83(92)86-80-63-50-49-57-76(80)71-79(91)62-45-31-25-20-19-23-29-43-60-77(89)58-41-15-11-7-3)75(70-73(72)54-38-28-18-14-10-6-2)56-40-34-36-48-68-85(94)88-82-65-52-51-64-81(82)87-84(93)67-46-32-26-22-21-24-30-44-61-78(90)59-42-16-12-8-4/h72-78,80-82,89-90H,5-71H2,1-4H3,(H,86,92)(H,87,93)(H,88,94)/t72?,73?,74?,75?,76-,77?,78?,80+,81-,82-/m0/s1. The number of carbonyl (C=O) groups is 4. The molecule has 6 unspecified atom stereocenters. The van der Waals surface area contributed by atoms with E-state index in [9.17, 15) is 29.4 Å². The normalized spacial score (nSPS) is 21.5. The molecule has 3 aliphatic rings. The van der Waals surface area contributed by atoms with Crippen molar-refractivity contribution in [1.82, 2.24) is 16.0 Å². The van der Waals surface area contributed by atoms with Crippen LogP contribution in [0.2, 0.25) is 0 Å². The van der Waals surface area contributed by atoms with Gasteiger partial charge in [0.2, 0.25) is 17.7 Å². The van der Waals surface area contributed by atoms with Gasteiger partial charge in [-0.25, -0.2) is 0 Å². The van der Waals surface area contributed by atoms with Gasteiger partial charge in [-0.3, -0.25) is 19.2 Å². The zero-order valence-corrected chi connectivity index (χ0v) is 63.2. The summed E-state index contributed by atoms with van der Waals surface area (Å²) in [6.07, 6.45) is 78.1. The molecule has 0 spiro atoms. The van der Waals surface area contributed by atoms with Crippen molar-refractivity contribution >= 4 is 23.5 Å². The highest BCUT2D eigenvalue weighted by Crippen LogP contribution is 2.47. The molecule has 3 aliphatic carbocycles. The summed E-state index contributed by atoms with van der Waals surface area (Å²) in [5.74, 6) is 4.61. The van der Waals surface area contributed by atoms with Crippen molar-refractivity contribution in [2.75, 3.05) is 0 Å². The number of nitrogens with one attached hydrogen (secondary N) is 3. The highest BCUT2D eigenvalue weighted by molar-refractivity contribution is 5.79. The second-order valence-corrected chi connectivity index (χ2v) is 31.9. The summed E-state index contributed by atoms with van der Waals surface area (Å²) in [5, 5.41) is 30.7. The Kier molecular flexibility index (Phi) is 55.9. The van der Waals surface area contributed by atoms with Crippen LogP contribution in [0.5, 0.6) is 0 Å². The Morgan fingerprint density at radius 2 is 0.532 bits per heavy atom. The molecule has 94 heavy (non-hydrogen) atoms. The average Bonchev–Trinajstić information content (AvgIpc) is 0.930. The Hall–Kier alpha value is -2.00. The van der Waals surface area contributed by atoms with Crippen LogP contribution < -0.4 is 16.0 Å². The van der Waals surface area contributed by atoms with Crippen molar-refractivity contribution in [3.63, 3.8) is 0 Å². The van der Waals surface area contributed by atoms with Crippen molar-refractivity contribution in [3.8, 4) is 0 Å². The summed E-state index contributed by atoms with van der Waals surface area (Å²) < 4.78 is 0. The van der Waals surface area contributed by atoms with Crippen molar-refractivity contribution in [1.29, 1.82) is 0 Å². The van der Waals surface area contributed by atoms with Crippen LogP contribution in [0.1, 0.15) is 458 Å². The van der Waals surface area contributed by atoms with Gasteiger partial charge in [-0.05, 0) is 119 Å². The lowest BCUT2D eigenvalue weighted by atomic mass is 9.63. The maximum atomic E-state index is 13.5. The summed E-state index contributed by atoms with van der Waals surface area (Å²) in [7, 11) is 0. The minimum Gasteiger partial charge on any atom is -0.393 e. The lowest BCUT2D eigenvalue weighted by Gasteiger charge is -2.42. The molecule has 0 aromatic rings. The van der Waals surface area contributed by atoms with E-state index in [0.29, 0.717) is 43.8 Å². The third-order valence-corrected chi connectivity index (χ3v) is 23.3. The zero-order valence-electron chi connectivity index (χ0n) is 63.2. The molecule has 3 amide bonds. The molecule has 10 atom stereocenters. The lowest BCUT2D eigenvalue weighted by Crippen LogP contribution is -2.53. The zero-order chi connectivity index (χ0) is 67.6. The highest BCUT2D eigenvalue weighted by atomic mass is 16.3. The van der Waals surface area contributed by atoms with E-state index in [1.54, 1.807) is 0 Å². The van der Waals surface area contributed by atoms with E-state index in [2.05, 4.69) is 43.6 Å². The molecule has 0 heterocycles. The molecule has 0 radical (unpaired) electrons. The van der Waals surface area contributed by atoms with Gasteiger partial charge in [-0.15, -0.1) is 0 Å². The molecule has 0 saturated heterocycles. The van der Waals surface area contributed by atoms with Crippen molar-refractivity contribution in [3.05, 3.63) is 0 Å². The van der Waals surface area contributed by atoms with Crippen molar-refractivity contribution in [2.24, 2.45) is 29.6 Å². The molecular formula is C85H161N3O6. The van der Waals surface area contributed by atoms with Gasteiger partial charge in [0.15, 0.2) is 0 Å². The quantitative estimate of drug-likeness (QED) is 0.0384. The Morgan fingerprint density at radius 1 is 0.287 bits per heavy atom. The first-order chi connectivity index (χ1) is 46.1. The fourth-order valence-corrected chi connectivity index (χ4v) is 17.2. The molecule has 5 N–H and O–H groups in total.